The number of ether oxygens (including phenoxy) is 2. The van der Waals surface area contributed by atoms with Gasteiger partial charge in [-0.3, -0.25) is 4.79 Å². The predicted molar refractivity (Wildman–Crippen MR) is 77.3 cm³/mol. The first-order valence-corrected chi connectivity index (χ1v) is 8.08. The zero-order valence-electron chi connectivity index (χ0n) is 13.3. The SMILES string of the molecule is COC(=O)CC1(OC2CC3CCC2(C)C3(C)C)CCC1. The maximum absolute atomic E-state index is 11.7. The summed E-state index contributed by atoms with van der Waals surface area (Å²) in [5.41, 5.74) is 0.422. The van der Waals surface area contributed by atoms with Crippen molar-refractivity contribution in [2.24, 2.45) is 16.7 Å². The van der Waals surface area contributed by atoms with Gasteiger partial charge in [-0.05, 0) is 55.3 Å². The second-order valence-electron chi connectivity index (χ2n) is 8.01. The molecule has 3 aliphatic rings. The first-order chi connectivity index (χ1) is 9.33. The van der Waals surface area contributed by atoms with Gasteiger partial charge in [0, 0.05) is 0 Å². The van der Waals surface area contributed by atoms with E-state index in [1.54, 1.807) is 0 Å². The van der Waals surface area contributed by atoms with Gasteiger partial charge in [-0.25, -0.2) is 0 Å². The van der Waals surface area contributed by atoms with Crippen molar-refractivity contribution >= 4 is 5.97 Å². The summed E-state index contributed by atoms with van der Waals surface area (Å²) in [6.07, 6.45) is 7.73. The van der Waals surface area contributed by atoms with Crippen LogP contribution in [-0.2, 0) is 14.3 Å². The number of rotatable bonds is 4. The van der Waals surface area contributed by atoms with Gasteiger partial charge >= 0.3 is 5.97 Å². The highest BCUT2D eigenvalue weighted by Crippen LogP contribution is 2.67. The number of carbonyl (C=O) groups excluding carboxylic acids is 1. The summed E-state index contributed by atoms with van der Waals surface area (Å²) in [6.45, 7) is 7.21. The third-order valence-corrected chi connectivity index (χ3v) is 7.07. The normalized spacial score (nSPS) is 40.4. The molecule has 0 saturated heterocycles. The van der Waals surface area contributed by atoms with E-state index < -0.39 is 0 Å². The Labute approximate surface area is 122 Å². The molecule has 3 unspecified atom stereocenters. The van der Waals surface area contributed by atoms with Gasteiger partial charge in [-0.15, -0.1) is 0 Å². The molecule has 3 fully saturated rings. The van der Waals surface area contributed by atoms with Gasteiger partial charge in [0.15, 0.2) is 0 Å². The fourth-order valence-electron chi connectivity index (χ4n) is 4.85. The van der Waals surface area contributed by atoms with Crippen molar-refractivity contribution in [2.45, 2.75) is 77.4 Å². The van der Waals surface area contributed by atoms with E-state index in [1.165, 1.54) is 32.8 Å². The molecule has 3 rings (SSSR count). The second kappa shape index (κ2) is 4.46. The van der Waals surface area contributed by atoms with Crippen LogP contribution >= 0.6 is 0 Å². The van der Waals surface area contributed by atoms with E-state index in [1.807, 2.05) is 0 Å². The van der Waals surface area contributed by atoms with Gasteiger partial charge in [0.2, 0.25) is 0 Å². The standard InChI is InChI=1S/C17H28O3/c1-15(2)12-6-9-16(15,3)13(10-12)20-17(7-5-8-17)11-14(18)19-4/h12-13H,5-11H2,1-4H3. The van der Waals surface area contributed by atoms with Crippen LogP contribution in [0.2, 0.25) is 0 Å². The molecule has 0 radical (unpaired) electrons. The molecule has 114 valence electrons. The highest BCUT2D eigenvalue weighted by Gasteiger charge is 2.63. The molecule has 0 N–H and O–H groups in total. The quantitative estimate of drug-likeness (QED) is 0.737. The third-order valence-electron chi connectivity index (χ3n) is 7.07. The van der Waals surface area contributed by atoms with Crippen LogP contribution in [0.3, 0.4) is 0 Å². The van der Waals surface area contributed by atoms with Crippen molar-refractivity contribution in [1.29, 1.82) is 0 Å². The lowest BCUT2D eigenvalue weighted by Gasteiger charge is -2.48. The zero-order valence-corrected chi connectivity index (χ0v) is 13.3. The smallest absolute Gasteiger partial charge is 0.308 e. The molecule has 0 aliphatic heterocycles. The minimum atomic E-state index is -0.221. The Hall–Kier alpha value is -0.570. The lowest BCUT2D eigenvalue weighted by atomic mass is 9.69. The largest absolute Gasteiger partial charge is 0.469 e. The number of fused-ring (bicyclic) bond motifs is 2. The summed E-state index contributed by atoms with van der Waals surface area (Å²) in [7, 11) is 1.47. The molecule has 3 atom stereocenters. The summed E-state index contributed by atoms with van der Waals surface area (Å²) >= 11 is 0. The van der Waals surface area contributed by atoms with Crippen molar-refractivity contribution in [1.82, 2.24) is 0 Å². The molecular formula is C17H28O3. The maximum atomic E-state index is 11.7. The monoisotopic (exact) mass is 280 g/mol. The lowest BCUT2D eigenvalue weighted by molar-refractivity contribution is -0.190. The molecule has 3 nitrogen and oxygen atoms in total. The van der Waals surface area contributed by atoms with Crippen molar-refractivity contribution in [3.8, 4) is 0 Å². The molecule has 3 heteroatoms. The Morgan fingerprint density at radius 3 is 2.30 bits per heavy atom. The Balaban J connectivity index is 1.74. The first-order valence-electron chi connectivity index (χ1n) is 8.08. The van der Waals surface area contributed by atoms with E-state index >= 15 is 0 Å². The van der Waals surface area contributed by atoms with Crippen molar-refractivity contribution < 1.29 is 14.3 Å². The number of carbonyl (C=O) groups is 1. The fraction of sp³-hybridized carbons (Fsp3) is 0.941. The highest BCUT2D eigenvalue weighted by atomic mass is 16.5. The average Bonchev–Trinajstić information content (AvgIpc) is 2.68. The minimum Gasteiger partial charge on any atom is -0.469 e. The van der Waals surface area contributed by atoms with Crippen LogP contribution < -0.4 is 0 Å². The first kappa shape index (κ1) is 14.4. The summed E-state index contributed by atoms with van der Waals surface area (Å²) < 4.78 is 11.4. The number of esters is 1. The van der Waals surface area contributed by atoms with E-state index in [9.17, 15) is 4.79 Å². The van der Waals surface area contributed by atoms with Crippen LogP contribution in [-0.4, -0.2) is 24.8 Å². The van der Waals surface area contributed by atoms with Gasteiger partial charge in [0.25, 0.3) is 0 Å². The highest BCUT2D eigenvalue weighted by molar-refractivity contribution is 5.70. The van der Waals surface area contributed by atoms with E-state index in [2.05, 4.69) is 20.8 Å². The predicted octanol–water partition coefficient (Wildman–Crippen LogP) is 3.70. The molecule has 3 saturated carbocycles. The van der Waals surface area contributed by atoms with Crippen LogP contribution in [0.1, 0.15) is 65.7 Å². The Morgan fingerprint density at radius 2 is 1.90 bits per heavy atom. The van der Waals surface area contributed by atoms with Crippen molar-refractivity contribution in [2.75, 3.05) is 7.11 Å². The van der Waals surface area contributed by atoms with E-state index in [4.69, 9.17) is 9.47 Å². The maximum Gasteiger partial charge on any atom is 0.308 e. The molecule has 2 bridgehead atoms. The molecule has 0 aromatic heterocycles. The molecule has 0 aromatic rings. The van der Waals surface area contributed by atoms with Crippen LogP contribution in [0.15, 0.2) is 0 Å². The Bertz CT molecular complexity index is 410. The minimum absolute atomic E-state index is 0.128. The average molecular weight is 280 g/mol. The number of methoxy groups -OCH3 is 1. The second-order valence-corrected chi connectivity index (χ2v) is 8.01. The molecule has 0 amide bonds. The van der Waals surface area contributed by atoms with Gasteiger partial charge in [-0.2, -0.15) is 0 Å². The number of hydrogen-bond donors (Lipinski definition) is 0. The van der Waals surface area contributed by atoms with Gasteiger partial charge in [-0.1, -0.05) is 20.8 Å². The zero-order chi connectivity index (χ0) is 14.6. The summed E-state index contributed by atoms with van der Waals surface area (Å²) in [4.78, 5) is 11.7. The summed E-state index contributed by atoms with van der Waals surface area (Å²) in [5, 5.41) is 0. The summed E-state index contributed by atoms with van der Waals surface area (Å²) in [6, 6.07) is 0. The molecule has 0 aromatic carbocycles. The van der Waals surface area contributed by atoms with Crippen LogP contribution in [0, 0.1) is 16.7 Å². The number of hydrogen-bond acceptors (Lipinski definition) is 3. The van der Waals surface area contributed by atoms with Crippen LogP contribution in [0.25, 0.3) is 0 Å². The third kappa shape index (κ3) is 1.85. The Kier molecular flexibility index (Phi) is 3.20. The van der Waals surface area contributed by atoms with Crippen molar-refractivity contribution in [3.63, 3.8) is 0 Å². The van der Waals surface area contributed by atoms with Gasteiger partial charge < -0.3 is 9.47 Å². The fourth-order valence-corrected chi connectivity index (χ4v) is 4.85. The summed E-state index contributed by atoms with van der Waals surface area (Å²) in [5.74, 6) is 0.657. The Morgan fingerprint density at radius 1 is 1.20 bits per heavy atom. The van der Waals surface area contributed by atoms with E-state index in [-0.39, 0.29) is 17.0 Å². The van der Waals surface area contributed by atoms with Gasteiger partial charge in [0.1, 0.15) is 0 Å². The van der Waals surface area contributed by atoms with Crippen LogP contribution in [0.4, 0.5) is 0 Å². The van der Waals surface area contributed by atoms with E-state index in [0.717, 1.165) is 18.8 Å². The molecule has 3 aliphatic carbocycles. The molecule has 0 heterocycles. The molecular weight excluding hydrogens is 252 g/mol. The van der Waals surface area contributed by atoms with Crippen LogP contribution in [0.5, 0.6) is 0 Å². The topological polar surface area (TPSA) is 35.5 Å². The van der Waals surface area contributed by atoms with E-state index in [0.29, 0.717) is 17.9 Å². The molecule has 0 spiro atoms. The lowest BCUT2D eigenvalue weighted by Crippen LogP contribution is -2.49. The van der Waals surface area contributed by atoms with Gasteiger partial charge in [0.05, 0.1) is 25.2 Å². The molecule has 20 heavy (non-hydrogen) atoms. The van der Waals surface area contributed by atoms with Crippen molar-refractivity contribution in [3.05, 3.63) is 0 Å².